The third-order valence-corrected chi connectivity index (χ3v) is 6.04. The summed E-state index contributed by atoms with van der Waals surface area (Å²) in [5.74, 6) is 2.06. The molecule has 3 heterocycles. The van der Waals surface area contributed by atoms with Crippen molar-refractivity contribution >= 4 is 18.0 Å². The van der Waals surface area contributed by atoms with Gasteiger partial charge in [-0.25, -0.2) is 4.68 Å². The summed E-state index contributed by atoms with van der Waals surface area (Å²) >= 11 is 5.35. The first-order valence-electron chi connectivity index (χ1n) is 10.5. The van der Waals surface area contributed by atoms with Crippen molar-refractivity contribution in [2.45, 2.75) is 19.5 Å². The van der Waals surface area contributed by atoms with Crippen LogP contribution < -0.4 is 9.47 Å². The number of nitrogens with zero attached hydrogens (tertiary/aromatic N) is 3. The maximum atomic E-state index is 13.0. The standard InChI is InChI=1S/C23H23N3O4S/c27-21(18-6-7-19-20(14-18)29-13-12-28-19)16-8-10-25(11-9-16)15-26-23(31)30-22(24-26)17-4-2-1-3-5-17/h1-7,14,16H,8-13,15H2. The molecule has 31 heavy (non-hydrogen) atoms. The van der Waals surface area contributed by atoms with E-state index in [1.54, 1.807) is 4.68 Å². The number of carbonyl (C=O) groups is 1. The number of fused-ring (bicyclic) bond motifs is 1. The van der Waals surface area contributed by atoms with E-state index in [-0.39, 0.29) is 11.7 Å². The minimum absolute atomic E-state index is 0.00368. The SMILES string of the molecule is O=C(c1ccc2c(c1)OCCO2)C1CCN(Cn2nc(-c3ccccc3)oc2=S)CC1. The van der Waals surface area contributed by atoms with E-state index in [1.807, 2.05) is 48.5 Å². The van der Waals surface area contributed by atoms with Gasteiger partial charge in [-0.2, -0.15) is 0 Å². The average Bonchev–Trinajstić information content (AvgIpc) is 3.19. The molecule has 5 rings (SSSR count). The highest BCUT2D eigenvalue weighted by Gasteiger charge is 2.27. The molecule has 2 aliphatic heterocycles. The van der Waals surface area contributed by atoms with Crippen molar-refractivity contribution in [3.8, 4) is 23.0 Å². The molecule has 3 aromatic rings. The summed E-state index contributed by atoms with van der Waals surface area (Å²) in [5, 5.41) is 4.53. The highest BCUT2D eigenvalue weighted by Crippen LogP contribution is 2.32. The molecule has 2 aromatic carbocycles. The van der Waals surface area contributed by atoms with E-state index in [2.05, 4.69) is 10.00 Å². The maximum absolute atomic E-state index is 13.0. The molecule has 0 atom stereocenters. The van der Waals surface area contributed by atoms with Crippen LogP contribution in [0.25, 0.3) is 11.5 Å². The van der Waals surface area contributed by atoms with Gasteiger partial charge in [0.15, 0.2) is 17.3 Å². The van der Waals surface area contributed by atoms with Crippen molar-refractivity contribution in [3.63, 3.8) is 0 Å². The zero-order chi connectivity index (χ0) is 21.2. The number of carbonyl (C=O) groups excluding carboxylic acids is 1. The molecule has 7 nitrogen and oxygen atoms in total. The van der Waals surface area contributed by atoms with Gasteiger partial charge in [-0.05, 0) is 55.4 Å². The van der Waals surface area contributed by atoms with E-state index in [0.717, 1.165) is 31.5 Å². The van der Waals surface area contributed by atoms with Crippen molar-refractivity contribution in [1.29, 1.82) is 0 Å². The summed E-state index contributed by atoms with van der Waals surface area (Å²) in [6.45, 7) is 3.22. The highest BCUT2D eigenvalue weighted by molar-refractivity contribution is 7.71. The molecular formula is C23H23N3O4S. The Morgan fingerprint density at radius 1 is 1.03 bits per heavy atom. The molecule has 0 aliphatic carbocycles. The highest BCUT2D eigenvalue weighted by atomic mass is 32.1. The lowest BCUT2D eigenvalue weighted by atomic mass is 9.89. The van der Waals surface area contributed by atoms with Gasteiger partial charge in [0.1, 0.15) is 13.2 Å². The largest absolute Gasteiger partial charge is 0.486 e. The lowest BCUT2D eigenvalue weighted by Crippen LogP contribution is -2.37. The number of likely N-dealkylation sites (tertiary alicyclic amines) is 1. The van der Waals surface area contributed by atoms with Gasteiger partial charge in [-0.3, -0.25) is 9.69 Å². The van der Waals surface area contributed by atoms with E-state index < -0.39 is 0 Å². The summed E-state index contributed by atoms with van der Waals surface area (Å²) in [7, 11) is 0. The summed E-state index contributed by atoms with van der Waals surface area (Å²) in [6, 6.07) is 15.2. The second-order valence-electron chi connectivity index (χ2n) is 7.80. The molecule has 0 radical (unpaired) electrons. The van der Waals surface area contributed by atoms with Crippen LogP contribution in [0.1, 0.15) is 23.2 Å². The molecule has 8 heteroatoms. The summed E-state index contributed by atoms with van der Waals surface area (Å²) < 4.78 is 18.5. The Balaban J connectivity index is 1.21. The Bertz CT molecular complexity index is 1130. The predicted molar refractivity (Wildman–Crippen MR) is 117 cm³/mol. The van der Waals surface area contributed by atoms with Crippen molar-refractivity contribution in [2.24, 2.45) is 5.92 Å². The monoisotopic (exact) mass is 437 g/mol. The lowest BCUT2D eigenvalue weighted by Gasteiger charge is -2.30. The quantitative estimate of drug-likeness (QED) is 0.438. The normalized spacial score (nSPS) is 16.9. The van der Waals surface area contributed by atoms with Crippen LogP contribution >= 0.6 is 12.2 Å². The Morgan fingerprint density at radius 3 is 2.55 bits per heavy atom. The minimum atomic E-state index is 0.00368. The zero-order valence-electron chi connectivity index (χ0n) is 17.0. The first-order valence-corrected chi connectivity index (χ1v) is 10.9. The second-order valence-corrected chi connectivity index (χ2v) is 8.14. The van der Waals surface area contributed by atoms with Crippen LogP contribution in [-0.2, 0) is 6.67 Å². The number of hydrogen-bond acceptors (Lipinski definition) is 7. The van der Waals surface area contributed by atoms with E-state index >= 15 is 0 Å². The molecule has 0 spiro atoms. The van der Waals surface area contributed by atoms with Crippen LogP contribution in [0, 0.1) is 10.8 Å². The van der Waals surface area contributed by atoms with Crippen LogP contribution in [0.5, 0.6) is 11.5 Å². The number of rotatable bonds is 5. The average molecular weight is 438 g/mol. The Kier molecular flexibility index (Phi) is 5.57. The fourth-order valence-electron chi connectivity index (χ4n) is 4.05. The number of benzene rings is 2. The number of ketones is 1. The second kappa shape index (κ2) is 8.64. The number of piperidine rings is 1. The van der Waals surface area contributed by atoms with Gasteiger partial charge in [-0.1, -0.05) is 18.2 Å². The molecule has 1 fully saturated rings. The van der Waals surface area contributed by atoms with Gasteiger partial charge in [0.25, 0.3) is 4.84 Å². The van der Waals surface area contributed by atoms with Crippen LogP contribution in [0.4, 0.5) is 0 Å². The Hall–Kier alpha value is -2.97. The van der Waals surface area contributed by atoms with Crippen molar-refractivity contribution in [2.75, 3.05) is 26.3 Å². The first kappa shape index (κ1) is 20.0. The van der Waals surface area contributed by atoms with Crippen LogP contribution in [0.15, 0.2) is 52.9 Å². The van der Waals surface area contributed by atoms with Crippen LogP contribution in [0.3, 0.4) is 0 Å². The van der Waals surface area contributed by atoms with E-state index in [1.165, 1.54) is 0 Å². The van der Waals surface area contributed by atoms with Gasteiger partial charge in [-0.15, -0.1) is 5.10 Å². The molecular weight excluding hydrogens is 414 g/mol. The van der Waals surface area contributed by atoms with E-state index in [9.17, 15) is 4.79 Å². The molecule has 0 N–H and O–H groups in total. The Labute approximate surface area is 185 Å². The summed E-state index contributed by atoms with van der Waals surface area (Å²) in [6.07, 6.45) is 1.59. The van der Waals surface area contributed by atoms with Crippen molar-refractivity contribution < 1.29 is 18.7 Å². The Morgan fingerprint density at radius 2 is 1.77 bits per heavy atom. The smallest absolute Gasteiger partial charge is 0.288 e. The molecule has 0 bridgehead atoms. The van der Waals surface area contributed by atoms with E-state index in [0.29, 0.717) is 47.7 Å². The zero-order valence-corrected chi connectivity index (χ0v) is 17.8. The molecule has 160 valence electrons. The maximum Gasteiger partial charge on any atom is 0.288 e. The summed E-state index contributed by atoms with van der Waals surface area (Å²) in [4.78, 5) is 15.6. The minimum Gasteiger partial charge on any atom is -0.486 e. The number of hydrogen-bond donors (Lipinski definition) is 0. The number of aromatic nitrogens is 2. The van der Waals surface area contributed by atoms with Crippen LogP contribution in [0.2, 0.25) is 0 Å². The fraction of sp³-hybridized carbons (Fsp3) is 0.348. The van der Waals surface area contributed by atoms with Gasteiger partial charge < -0.3 is 13.9 Å². The third kappa shape index (κ3) is 4.26. The third-order valence-electron chi connectivity index (χ3n) is 5.75. The number of Topliss-reactive ketones (excluding diaryl/α,β-unsaturated/α-hetero) is 1. The van der Waals surface area contributed by atoms with E-state index in [4.69, 9.17) is 26.1 Å². The van der Waals surface area contributed by atoms with Gasteiger partial charge in [0.2, 0.25) is 5.89 Å². The van der Waals surface area contributed by atoms with Gasteiger partial charge in [0, 0.05) is 30.1 Å². The van der Waals surface area contributed by atoms with Crippen molar-refractivity contribution in [3.05, 3.63) is 58.9 Å². The number of ether oxygens (including phenoxy) is 2. The molecule has 2 aliphatic rings. The summed E-state index contributed by atoms with van der Waals surface area (Å²) in [5.41, 5.74) is 1.59. The molecule has 0 saturated carbocycles. The predicted octanol–water partition coefficient (Wildman–Crippen LogP) is 4.20. The van der Waals surface area contributed by atoms with Gasteiger partial charge >= 0.3 is 0 Å². The molecule has 0 amide bonds. The fourth-order valence-corrected chi connectivity index (χ4v) is 4.23. The first-order chi connectivity index (χ1) is 15.2. The van der Waals surface area contributed by atoms with Crippen LogP contribution in [-0.4, -0.2) is 46.8 Å². The molecule has 1 aromatic heterocycles. The van der Waals surface area contributed by atoms with Crippen molar-refractivity contribution in [1.82, 2.24) is 14.7 Å². The molecule has 0 unspecified atom stereocenters. The topological polar surface area (TPSA) is 69.7 Å². The lowest BCUT2D eigenvalue weighted by molar-refractivity contribution is 0.0801. The van der Waals surface area contributed by atoms with Gasteiger partial charge in [0.05, 0.1) is 6.67 Å². The molecule has 1 saturated heterocycles.